The van der Waals surface area contributed by atoms with E-state index in [1.165, 1.54) is 4.57 Å². The summed E-state index contributed by atoms with van der Waals surface area (Å²) in [5.74, 6) is 0. The largest absolute Gasteiger partial charge is 0.309 e. The van der Waals surface area contributed by atoms with E-state index in [0.717, 1.165) is 39.1 Å². The molecule has 0 atom stereocenters. The van der Waals surface area contributed by atoms with Crippen LogP contribution in [-0.4, -0.2) is 9.13 Å². The first-order valence-electron chi connectivity index (χ1n) is 23.5. The highest BCUT2D eigenvalue weighted by atomic mass is 15.0. The first kappa shape index (κ1) is 23.4. The molecule has 2 heteroatoms. The molecule has 11 rings (SSSR count). The lowest BCUT2D eigenvalue weighted by molar-refractivity contribution is 1.18. The Morgan fingerprint density at radius 2 is 0.786 bits per heavy atom. The van der Waals surface area contributed by atoms with E-state index in [4.69, 9.17) is 2.74 Å². The molecule has 0 bridgehead atoms. The molecule has 0 aliphatic rings. The Balaban J connectivity index is 1.19. The normalized spacial score (nSPS) is 14.1. The lowest BCUT2D eigenvalue weighted by Crippen LogP contribution is -1.94. The summed E-state index contributed by atoms with van der Waals surface area (Å²) in [7, 11) is 0. The van der Waals surface area contributed by atoms with Crippen molar-refractivity contribution in [2.75, 3.05) is 0 Å². The first-order valence-corrected chi connectivity index (χ1v) is 18.5. The molecule has 0 saturated heterocycles. The molecule has 0 spiro atoms. The highest BCUT2D eigenvalue weighted by molar-refractivity contribution is 6.17. The van der Waals surface area contributed by atoms with Gasteiger partial charge in [0.05, 0.1) is 35.8 Å². The van der Waals surface area contributed by atoms with Gasteiger partial charge in [0.15, 0.2) is 0 Å². The second kappa shape index (κ2) is 13.2. The number of para-hydroxylation sites is 2. The Hall–Kier alpha value is -7.42. The van der Waals surface area contributed by atoms with Crippen LogP contribution in [0.15, 0.2) is 218 Å². The third kappa shape index (κ3) is 5.26. The fourth-order valence-electron chi connectivity index (χ4n) is 7.87. The van der Waals surface area contributed by atoms with Crippen LogP contribution in [0.25, 0.3) is 99.5 Å². The van der Waals surface area contributed by atoms with Crippen molar-refractivity contribution in [3.63, 3.8) is 0 Å². The fraction of sp³-hybridized carbons (Fsp3) is 0. The van der Waals surface area contributed by atoms with Crippen molar-refractivity contribution in [1.82, 2.24) is 9.13 Å². The minimum absolute atomic E-state index is 0.0179. The maximum Gasteiger partial charge on any atom is 0.0645 e. The highest BCUT2D eigenvalue weighted by Gasteiger charge is 2.18. The average Bonchev–Trinajstić information content (AvgIpc) is 3.91. The number of hydrogen-bond acceptors (Lipinski definition) is 0. The van der Waals surface area contributed by atoms with Gasteiger partial charge < -0.3 is 9.13 Å². The Morgan fingerprint density at radius 1 is 0.304 bits per heavy atom. The molecular weight excluding hydrogens is 677 g/mol. The number of benzene rings is 9. The molecular formula is C54H36N2. The van der Waals surface area contributed by atoms with E-state index in [1.54, 1.807) is 12.1 Å². The minimum Gasteiger partial charge on any atom is -0.309 e. The van der Waals surface area contributed by atoms with Crippen molar-refractivity contribution in [2.45, 2.75) is 0 Å². The number of hydrogen-bond donors (Lipinski definition) is 0. The molecule has 0 radical (unpaired) electrons. The van der Waals surface area contributed by atoms with Crippen LogP contribution in [0.1, 0.15) is 13.7 Å². The van der Waals surface area contributed by atoms with E-state index in [0.29, 0.717) is 27.5 Å². The third-order valence-electron chi connectivity index (χ3n) is 10.5. The van der Waals surface area contributed by atoms with Crippen molar-refractivity contribution >= 4 is 43.6 Å². The molecule has 11 aromatic rings. The summed E-state index contributed by atoms with van der Waals surface area (Å²) in [6.45, 7) is 0. The molecule has 2 aromatic heterocycles. The van der Waals surface area contributed by atoms with Crippen LogP contribution in [0.3, 0.4) is 0 Å². The van der Waals surface area contributed by atoms with E-state index in [-0.39, 0.29) is 57.1 Å². The van der Waals surface area contributed by atoms with Gasteiger partial charge in [0.1, 0.15) is 0 Å². The van der Waals surface area contributed by atoms with Crippen LogP contribution in [-0.2, 0) is 0 Å². The quantitative estimate of drug-likeness (QED) is 0.162. The predicted octanol–water partition coefficient (Wildman–Crippen LogP) is 14.5. The van der Waals surface area contributed by atoms with Gasteiger partial charge in [-0.05, 0) is 105 Å². The van der Waals surface area contributed by atoms with Crippen LogP contribution in [0.5, 0.6) is 0 Å². The number of rotatable bonds is 6. The van der Waals surface area contributed by atoms with Crippen molar-refractivity contribution in [2.24, 2.45) is 0 Å². The predicted molar refractivity (Wildman–Crippen MR) is 237 cm³/mol. The monoisotopic (exact) mass is 722 g/mol. The molecule has 0 saturated carbocycles. The SMILES string of the molecule is [2H]c1c([2H])c([2H])c2c(c1[2H])c1c([2H])c(-c3c([2H])c([2H])c4c(c3[2H])c3c(-c5ccccc5)cccc3n4-c3ccccc3)c([2H])c([2H])c1n2-c1ccc(-c2ccc(-c3ccccc3)cc2)cc1. The van der Waals surface area contributed by atoms with Crippen molar-refractivity contribution in [1.29, 1.82) is 0 Å². The van der Waals surface area contributed by atoms with Gasteiger partial charge in [-0.15, -0.1) is 0 Å². The number of fused-ring (bicyclic) bond motifs is 6. The molecule has 56 heavy (non-hydrogen) atoms. The summed E-state index contributed by atoms with van der Waals surface area (Å²) in [5, 5.41) is 0.951. The van der Waals surface area contributed by atoms with E-state index in [2.05, 4.69) is 12.1 Å². The summed E-state index contributed by atoms with van der Waals surface area (Å²) in [4.78, 5) is 0. The third-order valence-corrected chi connectivity index (χ3v) is 10.5. The molecule has 0 aliphatic carbocycles. The summed E-state index contributed by atoms with van der Waals surface area (Å²) in [6, 6.07) is 46.5. The standard InChI is InChI=1S/C54H36N2/c1-4-13-37(14-5-1)38-23-25-39(26-24-38)40-27-31-45(32-28-40)55-50-21-11-10-19-47(50)48-35-42(29-33-51(48)55)43-30-34-52-49(36-43)54-46(41-15-6-2-7-16-41)20-12-22-53(54)56(52)44-17-8-3-9-18-44/h1-36H/i10D,11D,19D,21D,29D,30D,33D,34D,35D,36D. The maximum atomic E-state index is 10.0. The lowest BCUT2D eigenvalue weighted by atomic mass is 9.97. The van der Waals surface area contributed by atoms with Crippen LogP contribution >= 0.6 is 0 Å². The molecule has 0 fully saturated rings. The molecule has 0 aliphatic heterocycles. The van der Waals surface area contributed by atoms with Crippen LogP contribution in [0.2, 0.25) is 0 Å². The smallest absolute Gasteiger partial charge is 0.0645 e. The van der Waals surface area contributed by atoms with Gasteiger partial charge in [-0.3, -0.25) is 0 Å². The summed E-state index contributed by atoms with van der Waals surface area (Å²) < 4.78 is 97.7. The van der Waals surface area contributed by atoms with Crippen molar-refractivity contribution in [3.8, 4) is 55.9 Å². The van der Waals surface area contributed by atoms with E-state index in [9.17, 15) is 11.0 Å². The summed E-state index contributed by atoms with van der Waals surface area (Å²) >= 11 is 0. The van der Waals surface area contributed by atoms with E-state index in [1.807, 2.05) is 138 Å². The van der Waals surface area contributed by atoms with Gasteiger partial charge >= 0.3 is 0 Å². The maximum absolute atomic E-state index is 10.0. The topological polar surface area (TPSA) is 9.86 Å². The Labute approximate surface area is 339 Å². The Bertz CT molecular complexity index is 3770. The van der Waals surface area contributed by atoms with Gasteiger partial charge in [-0.1, -0.05) is 158 Å². The fourth-order valence-corrected chi connectivity index (χ4v) is 7.87. The summed E-state index contributed by atoms with van der Waals surface area (Å²) in [5.41, 5.74) is 7.45. The Morgan fingerprint density at radius 3 is 1.45 bits per heavy atom. The molecule has 0 amide bonds. The zero-order valence-electron chi connectivity index (χ0n) is 39.9. The molecule has 0 unspecified atom stereocenters. The first-order chi connectivity index (χ1) is 32.0. The zero-order chi connectivity index (χ0) is 45.7. The lowest BCUT2D eigenvalue weighted by Gasteiger charge is -2.11. The number of nitrogens with zero attached hydrogens (tertiary/aromatic N) is 2. The number of aromatic nitrogens is 2. The molecule has 2 heterocycles. The minimum atomic E-state index is -0.525. The molecule has 9 aromatic carbocycles. The second-order valence-electron chi connectivity index (χ2n) is 13.7. The molecule has 0 N–H and O–H groups in total. The van der Waals surface area contributed by atoms with Gasteiger partial charge in [0.2, 0.25) is 0 Å². The van der Waals surface area contributed by atoms with Crippen LogP contribution in [0.4, 0.5) is 0 Å². The van der Waals surface area contributed by atoms with Gasteiger partial charge in [0.25, 0.3) is 0 Å². The van der Waals surface area contributed by atoms with E-state index < -0.39 is 36.3 Å². The van der Waals surface area contributed by atoms with E-state index >= 15 is 0 Å². The second-order valence-corrected chi connectivity index (χ2v) is 13.7. The van der Waals surface area contributed by atoms with Crippen LogP contribution < -0.4 is 0 Å². The van der Waals surface area contributed by atoms with Gasteiger partial charge in [-0.25, -0.2) is 0 Å². The Kier molecular flexibility index (Phi) is 5.49. The van der Waals surface area contributed by atoms with Crippen LogP contribution in [0, 0.1) is 0 Å². The summed E-state index contributed by atoms with van der Waals surface area (Å²) in [6.07, 6.45) is 0. The zero-order valence-corrected chi connectivity index (χ0v) is 29.9. The van der Waals surface area contributed by atoms with Gasteiger partial charge in [-0.2, -0.15) is 0 Å². The van der Waals surface area contributed by atoms with Crippen molar-refractivity contribution < 1.29 is 13.7 Å². The highest BCUT2D eigenvalue weighted by Crippen LogP contribution is 2.41. The van der Waals surface area contributed by atoms with Gasteiger partial charge in [0, 0.05) is 32.9 Å². The average molecular weight is 723 g/mol. The molecule has 262 valence electrons. The van der Waals surface area contributed by atoms with Crippen molar-refractivity contribution in [3.05, 3.63) is 218 Å². The molecule has 2 nitrogen and oxygen atoms in total.